The van der Waals surface area contributed by atoms with E-state index in [0.29, 0.717) is 23.9 Å². The minimum absolute atomic E-state index is 0.00533. The number of fused-ring (bicyclic) bond motifs is 1. The van der Waals surface area contributed by atoms with Crippen molar-refractivity contribution in [1.29, 1.82) is 0 Å². The maximum Gasteiger partial charge on any atom is 0.237 e. The van der Waals surface area contributed by atoms with Crippen molar-refractivity contribution in [3.8, 4) is 0 Å². The van der Waals surface area contributed by atoms with E-state index in [1.165, 1.54) is 12.5 Å². The van der Waals surface area contributed by atoms with Crippen LogP contribution in [0.5, 0.6) is 0 Å². The van der Waals surface area contributed by atoms with Crippen molar-refractivity contribution in [2.45, 2.75) is 81.7 Å². The Hall–Kier alpha value is -3.63. The Morgan fingerprint density at radius 1 is 1.02 bits per heavy atom. The van der Waals surface area contributed by atoms with Crippen LogP contribution in [0.2, 0.25) is 0 Å². The molecule has 0 bridgehead atoms. The Kier molecular flexibility index (Phi) is 12.9. The fourth-order valence-corrected chi connectivity index (χ4v) is 6.62. The van der Waals surface area contributed by atoms with Gasteiger partial charge in [-0.2, -0.15) is 11.8 Å². The molecule has 0 aliphatic carbocycles. The highest BCUT2D eigenvalue weighted by atomic mass is 32.2. The van der Waals surface area contributed by atoms with Crippen LogP contribution in [-0.4, -0.2) is 73.7 Å². The second kappa shape index (κ2) is 16.8. The number of carbonyl (C=O) groups excluding carboxylic acids is 2. The Bertz CT molecular complexity index is 1550. The number of likely N-dealkylation sites (tertiary alicyclic amines) is 1. The van der Waals surface area contributed by atoms with E-state index < -0.39 is 6.10 Å². The number of aromatic nitrogens is 2. The van der Waals surface area contributed by atoms with E-state index >= 15 is 0 Å². The Labute approximate surface area is 277 Å². The lowest BCUT2D eigenvalue weighted by Gasteiger charge is -2.41. The number of piperidine rings is 1. The predicted molar refractivity (Wildman–Crippen MR) is 188 cm³/mol. The smallest absolute Gasteiger partial charge is 0.237 e. The number of β-amino-alcohol motifs (C(OH)–C–C–N with tert-alkyl or cyclic N) is 1. The third kappa shape index (κ3) is 11.0. The highest BCUT2D eigenvalue weighted by molar-refractivity contribution is 7.99. The molecule has 3 heterocycles. The molecule has 46 heavy (non-hydrogen) atoms. The van der Waals surface area contributed by atoms with Crippen LogP contribution in [0, 0.1) is 0 Å². The quantitative estimate of drug-likeness (QED) is 0.196. The van der Waals surface area contributed by atoms with Crippen molar-refractivity contribution in [3.63, 3.8) is 0 Å². The monoisotopic (exact) mass is 641 g/mol. The van der Waals surface area contributed by atoms with E-state index in [9.17, 15) is 14.7 Å². The summed E-state index contributed by atoms with van der Waals surface area (Å²) in [6.45, 7) is 8.68. The zero-order valence-electron chi connectivity index (χ0n) is 27.3. The molecule has 9 heteroatoms. The summed E-state index contributed by atoms with van der Waals surface area (Å²) in [5.74, 6) is 0.917. The van der Waals surface area contributed by atoms with Gasteiger partial charge in [-0.15, -0.1) is 0 Å². The number of nitrogens with one attached hydrogen (secondary N) is 1. The Balaban J connectivity index is 0.000000305. The molecule has 5 rings (SSSR count). The molecule has 1 saturated heterocycles. The van der Waals surface area contributed by atoms with Gasteiger partial charge in [0, 0.05) is 60.4 Å². The zero-order chi connectivity index (χ0) is 33.1. The van der Waals surface area contributed by atoms with Crippen molar-refractivity contribution >= 4 is 34.4 Å². The summed E-state index contributed by atoms with van der Waals surface area (Å²) in [6.07, 6.45) is 5.33. The normalized spacial score (nSPS) is 18.2. The minimum Gasteiger partial charge on any atom is -0.390 e. The fraction of sp³-hybridized carbons (Fsp3) is 0.405. The number of carbonyl (C=O) groups is 2. The maximum absolute atomic E-state index is 13.2. The molecule has 1 fully saturated rings. The molecule has 2 aromatic heterocycles. The van der Waals surface area contributed by atoms with Crippen LogP contribution in [0.3, 0.4) is 0 Å². The number of hydrogen-bond acceptors (Lipinski definition) is 8. The number of benzene rings is 2. The van der Waals surface area contributed by atoms with Gasteiger partial charge < -0.3 is 16.2 Å². The van der Waals surface area contributed by atoms with E-state index in [1.54, 1.807) is 12.3 Å². The molecular formula is C37H47N5O3S. The van der Waals surface area contributed by atoms with Crippen molar-refractivity contribution in [3.05, 3.63) is 108 Å². The summed E-state index contributed by atoms with van der Waals surface area (Å²) in [7, 11) is 0. The first-order valence-electron chi connectivity index (χ1n) is 15.9. The van der Waals surface area contributed by atoms with Crippen molar-refractivity contribution in [1.82, 2.24) is 20.2 Å². The predicted octanol–water partition coefficient (Wildman–Crippen LogP) is 5.43. The lowest BCUT2D eigenvalue weighted by atomic mass is 9.96. The Morgan fingerprint density at radius 2 is 1.74 bits per heavy atom. The van der Waals surface area contributed by atoms with Crippen LogP contribution in [0.1, 0.15) is 62.2 Å². The second-order valence-electron chi connectivity index (χ2n) is 12.9. The molecule has 4 aromatic rings. The van der Waals surface area contributed by atoms with E-state index in [0.717, 1.165) is 41.6 Å². The summed E-state index contributed by atoms with van der Waals surface area (Å²) in [5.41, 5.74) is 9.74. The molecule has 0 saturated carbocycles. The molecule has 244 valence electrons. The number of Topliss-reactive ketones (excluding diaryl/α,β-unsaturated/α-hetero) is 1. The minimum atomic E-state index is -0.699. The van der Waals surface area contributed by atoms with Crippen LogP contribution in [-0.2, 0) is 17.0 Å². The van der Waals surface area contributed by atoms with E-state index in [1.807, 2.05) is 105 Å². The largest absolute Gasteiger partial charge is 0.390 e. The topological polar surface area (TPSA) is 121 Å². The molecule has 8 nitrogen and oxygen atoms in total. The summed E-state index contributed by atoms with van der Waals surface area (Å²) >= 11 is 1.88. The van der Waals surface area contributed by atoms with Crippen molar-refractivity contribution in [2.24, 2.45) is 5.73 Å². The molecule has 4 N–H and O–H groups in total. The van der Waals surface area contributed by atoms with Gasteiger partial charge in [0.05, 0.1) is 17.7 Å². The zero-order valence-corrected chi connectivity index (χ0v) is 28.1. The number of rotatable bonds is 10. The molecule has 0 radical (unpaired) electrons. The van der Waals surface area contributed by atoms with Gasteiger partial charge in [-0.3, -0.25) is 19.5 Å². The number of nitrogens with zero attached hydrogens (tertiary/aromatic N) is 3. The maximum atomic E-state index is 13.2. The molecule has 1 aliphatic heterocycles. The number of aliphatic hydroxyl groups excluding tert-OH is 1. The van der Waals surface area contributed by atoms with Gasteiger partial charge in [-0.05, 0) is 69.4 Å². The van der Waals surface area contributed by atoms with Crippen LogP contribution >= 0.6 is 11.8 Å². The SMILES string of the molecule is CC(=O)c1ccc2ccccc2n1.CC(C)(C)NC(=O)C1CC(SCc2cccnc2)CCN1CC(O)C(N)Cc1ccccc1. The van der Waals surface area contributed by atoms with Gasteiger partial charge in [0.1, 0.15) is 5.69 Å². The summed E-state index contributed by atoms with van der Waals surface area (Å²) in [4.78, 5) is 34.8. The number of aliphatic hydroxyl groups is 1. The first kappa shape index (κ1) is 35.2. The molecule has 0 spiro atoms. The molecule has 4 unspecified atom stereocenters. The summed E-state index contributed by atoms with van der Waals surface area (Å²) in [6, 6.07) is 24.8. The van der Waals surface area contributed by atoms with Gasteiger partial charge in [-0.25, -0.2) is 4.98 Å². The number of amides is 1. The van der Waals surface area contributed by atoms with Crippen LogP contribution < -0.4 is 11.1 Å². The average Bonchev–Trinajstić information content (AvgIpc) is 3.04. The third-order valence-corrected chi connectivity index (χ3v) is 9.26. The average molecular weight is 642 g/mol. The van der Waals surface area contributed by atoms with Crippen LogP contribution in [0.25, 0.3) is 10.9 Å². The van der Waals surface area contributed by atoms with Crippen LogP contribution in [0.15, 0.2) is 91.3 Å². The lowest BCUT2D eigenvalue weighted by molar-refractivity contribution is -0.129. The second-order valence-corrected chi connectivity index (χ2v) is 14.2. The third-order valence-electron chi connectivity index (χ3n) is 7.86. The highest BCUT2D eigenvalue weighted by Crippen LogP contribution is 2.30. The number of pyridine rings is 2. The van der Waals surface area contributed by atoms with Gasteiger partial charge >= 0.3 is 0 Å². The highest BCUT2D eigenvalue weighted by Gasteiger charge is 2.36. The van der Waals surface area contributed by atoms with Crippen LogP contribution in [0.4, 0.5) is 0 Å². The summed E-state index contributed by atoms with van der Waals surface area (Å²) in [5, 5.41) is 15.5. The molecule has 4 atom stereocenters. The van der Waals surface area contributed by atoms with Gasteiger partial charge in [-0.1, -0.05) is 60.7 Å². The summed E-state index contributed by atoms with van der Waals surface area (Å²) < 4.78 is 0. The molecular weight excluding hydrogens is 595 g/mol. The standard InChI is InChI=1S/C26H38N4O2S.C11H9NO/c1-26(2,3)29-25(32)23-15-21(33-18-20-10-7-12-28-16-20)11-13-30(23)17-24(31)22(27)14-19-8-5-4-6-9-19;1-8(13)10-7-6-9-4-2-3-5-11(9)12-10/h4-10,12,16,21-24,31H,11,13-15,17-18,27H2,1-3H3,(H,29,32);2-7H,1H3. The Morgan fingerprint density at radius 3 is 2.43 bits per heavy atom. The molecule has 1 amide bonds. The fourth-order valence-electron chi connectivity index (χ4n) is 5.43. The van der Waals surface area contributed by atoms with E-state index in [4.69, 9.17) is 5.73 Å². The van der Waals surface area contributed by atoms with Crippen molar-refractivity contribution in [2.75, 3.05) is 13.1 Å². The first-order valence-corrected chi connectivity index (χ1v) is 16.9. The van der Waals surface area contributed by atoms with Gasteiger partial charge in [0.15, 0.2) is 5.78 Å². The number of para-hydroxylation sites is 1. The van der Waals surface area contributed by atoms with Gasteiger partial charge in [0.25, 0.3) is 0 Å². The number of thioether (sulfide) groups is 1. The van der Waals surface area contributed by atoms with Crippen molar-refractivity contribution < 1.29 is 14.7 Å². The first-order chi connectivity index (χ1) is 22.0. The number of ketones is 1. The lowest BCUT2D eigenvalue weighted by Crippen LogP contribution is -2.58. The molecule has 2 aromatic carbocycles. The van der Waals surface area contributed by atoms with E-state index in [-0.39, 0.29) is 29.3 Å². The number of hydrogen-bond donors (Lipinski definition) is 3. The van der Waals surface area contributed by atoms with E-state index in [2.05, 4.69) is 26.3 Å². The molecule has 1 aliphatic rings. The van der Waals surface area contributed by atoms with Gasteiger partial charge in [0.2, 0.25) is 5.91 Å². The number of nitrogens with two attached hydrogens (primary N) is 1.